The summed E-state index contributed by atoms with van der Waals surface area (Å²) in [6, 6.07) is 18.7. The largest absolute Gasteiger partial charge is 0.459 e. The van der Waals surface area contributed by atoms with E-state index in [0.717, 1.165) is 30.6 Å². The van der Waals surface area contributed by atoms with Crippen LogP contribution in [0.1, 0.15) is 66.0 Å². The topological polar surface area (TPSA) is 86.1 Å². The average Bonchev–Trinajstić information content (AvgIpc) is 3.40. The third kappa shape index (κ3) is 6.50. The number of benzene rings is 2. The SMILES string of the molecule is CC[C@@H](C(=O)N1CCCN(c2ccc(NC(=O)c3ccco3)cc2C(=O)N(CC)CC)CC1)c1ccccc1. The van der Waals surface area contributed by atoms with Crippen molar-refractivity contribution in [3.05, 3.63) is 83.8 Å². The molecule has 3 amide bonds. The molecule has 206 valence electrons. The van der Waals surface area contributed by atoms with E-state index >= 15 is 0 Å². The van der Waals surface area contributed by atoms with Crippen molar-refractivity contribution in [3.63, 3.8) is 0 Å². The van der Waals surface area contributed by atoms with Crippen molar-refractivity contribution >= 4 is 29.1 Å². The van der Waals surface area contributed by atoms with E-state index in [9.17, 15) is 14.4 Å². The van der Waals surface area contributed by atoms with E-state index in [2.05, 4.69) is 17.1 Å². The van der Waals surface area contributed by atoms with Gasteiger partial charge < -0.3 is 24.4 Å². The third-order valence-electron chi connectivity index (χ3n) is 7.34. The van der Waals surface area contributed by atoms with Crippen molar-refractivity contribution in [1.82, 2.24) is 9.80 Å². The summed E-state index contributed by atoms with van der Waals surface area (Å²) in [6.07, 6.45) is 2.99. The molecule has 39 heavy (non-hydrogen) atoms. The van der Waals surface area contributed by atoms with Crippen LogP contribution in [0.5, 0.6) is 0 Å². The van der Waals surface area contributed by atoms with E-state index in [1.165, 1.54) is 6.26 Å². The number of carbonyl (C=O) groups is 3. The molecule has 0 aliphatic carbocycles. The van der Waals surface area contributed by atoms with E-state index in [-0.39, 0.29) is 29.4 Å². The molecule has 2 aromatic carbocycles. The maximum Gasteiger partial charge on any atom is 0.291 e. The lowest BCUT2D eigenvalue weighted by molar-refractivity contribution is -0.132. The molecule has 0 spiro atoms. The summed E-state index contributed by atoms with van der Waals surface area (Å²) in [6.45, 7) is 9.72. The van der Waals surface area contributed by atoms with Gasteiger partial charge in [0.2, 0.25) is 5.91 Å². The second-order valence-electron chi connectivity index (χ2n) is 9.68. The normalized spacial score (nSPS) is 14.4. The Morgan fingerprint density at radius 3 is 2.36 bits per heavy atom. The molecule has 0 unspecified atom stereocenters. The highest BCUT2D eigenvalue weighted by atomic mass is 16.3. The average molecular weight is 531 g/mol. The Morgan fingerprint density at radius 1 is 0.923 bits per heavy atom. The zero-order valence-corrected chi connectivity index (χ0v) is 23.1. The second-order valence-corrected chi connectivity index (χ2v) is 9.68. The number of nitrogens with one attached hydrogen (secondary N) is 1. The van der Waals surface area contributed by atoms with Crippen LogP contribution in [-0.2, 0) is 4.79 Å². The Bertz CT molecular complexity index is 1250. The molecule has 8 nitrogen and oxygen atoms in total. The predicted molar refractivity (Wildman–Crippen MR) is 153 cm³/mol. The molecular weight excluding hydrogens is 492 g/mol. The molecular formula is C31H38N4O4. The Balaban J connectivity index is 1.56. The van der Waals surface area contributed by atoms with Gasteiger partial charge in [-0.05, 0) is 62.6 Å². The molecule has 1 atom stereocenters. The number of nitrogens with zero attached hydrogens (tertiary/aromatic N) is 3. The highest BCUT2D eigenvalue weighted by Crippen LogP contribution is 2.29. The van der Waals surface area contributed by atoms with Crippen LogP contribution in [-0.4, -0.2) is 66.8 Å². The lowest BCUT2D eigenvalue weighted by Gasteiger charge is -2.29. The monoisotopic (exact) mass is 530 g/mol. The molecule has 1 aromatic heterocycles. The van der Waals surface area contributed by atoms with Crippen molar-refractivity contribution in [1.29, 1.82) is 0 Å². The van der Waals surface area contributed by atoms with Crippen LogP contribution < -0.4 is 10.2 Å². The van der Waals surface area contributed by atoms with Gasteiger partial charge in [-0.1, -0.05) is 37.3 Å². The number of carbonyl (C=O) groups excluding carboxylic acids is 3. The quantitative estimate of drug-likeness (QED) is 0.409. The molecule has 1 aliphatic rings. The predicted octanol–water partition coefficient (Wildman–Crippen LogP) is 5.25. The molecule has 1 saturated heterocycles. The molecule has 8 heteroatoms. The van der Waals surface area contributed by atoms with E-state index in [1.807, 2.05) is 61.2 Å². The van der Waals surface area contributed by atoms with Gasteiger partial charge in [0.05, 0.1) is 17.7 Å². The lowest BCUT2D eigenvalue weighted by atomic mass is 9.95. The summed E-state index contributed by atoms with van der Waals surface area (Å²) in [5.41, 5.74) is 2.92. The third-order valence-corrected chi connectivity index (χ3v) is 7.34. The summed E-state index contributed by atoms with van der Waals surface area (Å²) in [5, 5.41) is 2.84. The number of hydrogen-bond acceptors (Lipinski definition) is 5. The summed E-state index contributed by atoms with van der Waals surface area (Å²) < 4.78 is 5.21. The fraction of sp³-hybridized carbons (Fsp3) is 0.387. The number of amides is 3. The standard InChI is InChI=1S/C31H38N4O4/c1-4-25(23-12-8-7-9-13-23)30(37)35-18-11-17-34(19-20-35)27-16-15-24(32-29(36)28-14-10-21-39-28)22-26(27)31(38)33(5-2)6-3/h7-10,12-16,21-22,25H,4-6,11,17-20H2,1-3H3,(H,32,36)/t25-/m1/s1. The summed E-state index contributed by atoms with van der Waals surface area (Å²) in [5.74, 6) is -0.261. The second kappa shape index (κ2) is 13.1. The molecule has 0 saturated carbocycles. The Morgan fingerprint density at radius 2 is 1.69 bits per heavy atom. The van der Waals surface area contributed by atoms with Gasteiger partial charge in [0.15, 0.2) is 5.76 Å². The molecule has 0 radical (unpaired) electrons. The number of anilines is 2. The van der Waals surface area contributed by atoms with Crippen LogP contribution in [0.2, 0.25) is 0 Å². The van der Waals surface area contributed by atoms with Crippen LogP contribution >= 0.6 is 0 Å². The molecule has 0 bridgehead atoms. The first-order valence-electron chi connectivity index (χ1n) is 13.8. The maximum atomic E-state index is 13.6. The minimum atomic E-state index is -0.373. The Labute approximate surface area is 230 Å². The van der Waals surface area contributed by atoms with Gasteiger partial charge in [-0.3, -0.25) is 14.4 Å². The first-order valence-corrected chi connectivity index (χ1v) is 13.8. The van der Waals surface area contributed by atoms with E-state index in [0.29, 0.717) is 44.0 Å². The van der Waals surface area contributed by atoms with Gasteiger partial charge in [0.1, 0.15) is 0 Å². The Hall–Kier alpha value is -4.07. The van der Waals surface area contributed by atoms with Gasteiger partial charge in [-0.25, -0.2) is 0 Å². The van der Waals surface area contributed by atoms with Crippen LogP contribution in [0.25, 0.3) is 0 Å². The van der Waals surface area contributed by atoms with Crippen LogP contribution in [0.4, 0.5) is 11.4 Å². The van der Waals surface area contributed by atoms with Crippen molar-refractivity contribution in [2.75, 3.05) is 49.5 Å². The first-order chi connectivity index (χ1) is 19.0. The number of furan rings is 1. The van der Waals surface area contributed by atoms with Crippen LogP contribution in [0, 0.1) is 0 Å². The maximum absolute atomic E-state index is 13.6. The highest BCUT2D eigenvalue weighted by molar-refractivity contribution is 6.05. The zero-order valence-electron chi connectivity index (χ0n) is 23.1. The number of hydrogen-bond donors (Lipinski definition) is 1. The van der Waals surface area contributed by atoms with Crippen molar-refractivity contribution in [3.8, 4) is 0 Å². The lowest BCUT2D eigenvalue weighted by Crippen LogP contribution is -2.38. The van der Waals surface area contributed by atoms with E-state index in [1.54, 1.807) is 23.1 Å². The Kier molecular flexibility index (Phi) is 9.41. The van der Waals surface area contributed by atoms with E-state index < -0.39 is 0 Å². The molecule has 1 N–H and O–H groups in total. The van der Waals surface area contributed by atoms with Crippen LogP contribution in [0.3, 0.4) is 0 Å². The zero-order chi connectivity index (χ0) is 27.8. The first kappa shape index (κ1) is 28.0. The minimum Gasteiger partial charge on any atom is -0.459 e. The molecule has 4 rings (SSSR count). The molecule has 3 aromatic rings. The van der Waals surface area contributed by atoms with Crippen LogP contribution in [0.15, 0.2) is 71.3 Å². The van der Waals surface area contributed by atoms with Gasteiger partial charge in [0, 0.05) is 50.6 Å². The van der Waals surface area contributed by atoms with Crippen molar-refractivity contribution in [2.45, 2.75) is 39.5 Å². The van der Waals surface area contributed by atoms with Gasteiger partial charge in [-0.15, -0.1) is 0 Å². The molecule has 1 fully saturated rings. The van der Waals surface area contributed by atoms with Gasteiger partial charge >= 0.3 is 0 Å². The molecule has 2 heterocycles. The summed E-state index contributed by atoms with van der Waals surface area (Å²) >= 11 is 0. The number of rotatable bonds is 9. The summed E-state index contributed by atoms with van der Waals surface area (Å²) in [4.78, 5) is 45.6. The van der Waals surface area contributed by atoms with Crippen molar-refractivity contribution in [2.24, 2.45) is 0 Å². The van der Waals surface area contributed by atoms with Crippen molar-refractivity contribution < 1.29 is 18.8 Å². The fourth-order valence-electron chi connectivity index (χ4n) is 5.18. The van der Waals surface area contributed by atoms with Gasteiger partial charge in [0.25, 0.3) is 11.8 Å². The molecule has 1 aliphatic heterocycles. The highest BCUT2D eigenvalue weighted by Gasteiger charge is 2.28. The van der Waals surface area contributed by atoms with E-state index in [4.69, 9.17) is 4.42 Å². The fourth-order valence-corrected chi connectivity index (χ4v) is 5.18. The summed E-state index contributed by atoms with van der Waals surface area (Å²) in [7, 11) is 0. The smallest absolute Gasteiger partial charge is 0.291 e. The van der Waals surface area contributed by atoms with Gasteiger partial charge in [-0.2, -0.15) is 0 Å². The minimum absolute atomic E-state index is 0.0867.